The standard InChI is InChI=1S/C31H29F2N3O3.C22H22F2N2O2.C7H8N2/c1-20-14-24(21-2-4-22(5-3-21)30(38)35-12-9-31(32,33)10-13-35)15-25-16-27(39-29(20)25)6-7-28(37)36-18-23-8-11-34-17-26(23)19-36;1-14-10-17(11-18-12-19(13-25)28-20(14)18)15-2-4-16(5-3-15)21(27)26-8-6-22(23,24)7-9-26;1-2-8-4-7-5-9-3-6(1)7/h2-5,8,11,14-17H,6-7,9-10,12-13,18-19H2,1H3;2-5,10-12H,6-9,13,25H2,1H3;1-2,4,9H,3,5H2. The highest BCUT2D eigenvalue weighted by molar-refractivity contribution is 5.96. The van der Waals surface area contributed by atoms with Gasteiger partial charge in [-0.15, -0.1) is 0 Å². The summed E-state index contributed by atoms with van der Waals surface area (Å²) in [4.78, 5) is 51.2. The van der Waals surface area contributed by atoms with Crippen molar-refractivity contribution in [3.05, 3.63) is 178 Å². The minimum Gasteiger partial charge on any atom is -0.461 e. The van der Waals surface area contributed by atoms with E-state index in [-0.39, 0.29) is 69.6 Å². The summed E-state index contributed by atoms with van der Waals surface area (Å²) < 4.78 is 65.4. The summed E-state index contributed by atoms with van der Waals surface area (Å²) in [7, 11) is 0. The summed E-state index contributed by atoms with van der Waals surface area (Å²) in [5, 5.41) is 5.20. The van der Waals surface area contributed by atoms with E-state index in [2.05, 4.69) is 21.4 Å². The van der Waals surface area contributed by atoms with Crippen molar-refractivity contribution in [2.45, 2.75) is 96.9 Å². The Hall–Kier alpha value is -7.69. The Morgan fingerprint density at radius 3 is 1.53 bits per heavy atom. The van der Waals surface area contributed by atoms with Crippen LogP contribution >= 0.6 is 0 Å². The number of carbonyl (C=O) groups excluding carboxylic acids is 3. The number of carbonyl (C=O) groups is 3. The van der Waals surface area contributed by atoms with E-state index in [9.17, 15) is 31.9 Å². The molecular weight excluding hydrogens is 975 g/mol. The molecule has 392 valence electrons. The molecule has 12 nitrogen and oxygen atoms in total. The smallest absolute Gasteiger partial charge is 0.253 e. The molecule has 0 bridgehead atoms. The minimum atomic E-state index is -2.68. The Morgan fingerprint density at radius 2 is 1.03 bits per heavy atom. The van der Waals surface area contributed by atoms with E-state index >= 15 is 0 Å². The van der Waals surface area contributed by atoms with Gasteiger partial charge in [0.2, 0.25) is 5.91 Å². The van der Waals surface area contributed by atoms with Gasteiger partial charge in [0.05, 0.1) is 6.54 Å². The predicted octanol–water partition coefficient (Wildman–Crippen LogP) is 11.6. The summed E-state index contributed by atoms with van der Waals surface area (Å²) in [5.74, 6) is -4.15. The van der Waals surface area contributed by atoms with Crippen LogP contribution in [-0.2, 0) is 43.9 Å². The number of amides is 3. The Balaban J connectivity index is 0.000000153. The number of nitrogens with one attached hydrogen (secondary N) is 1. The largest absolute Gasteiger partial charge is 0.461 e. The SMILES string of the molecule is Cc1cc(-c2ccc(C(=O)N3CCC(F)(F)CC3)cc2)cc2cc(CCC(=O)N3Cc4ccncc4C3)oc12.Cc1cc(-c2ccc(C(=O)N3CCC(F)(F)CC3)cc2)cc2cc(CN)oc12.c1cc2c(cn1)CNC2. The van der Waals surface area contributed by atoms with E-state index in [1.54, 1.807) is 30.5 Å². The van der Waals surface area contributed by atoms with Gasteiger partial charge in [0.15, 0.2) is 0 Å². The summed E-state index contributed by atoms with van der Waals surface area (Å²) in [6.07, 6.45) is 7.11. The van der Waals surface area contributed by atoms with E-state index in [1.165, 1.54) is 20.9 Å². The second-order valence-corrected chi connectivity index (χ2v) is 20.1. The molecule has 8 heterocycles. The Morgan fingerprint density at radius 1 is 0.566 bits per heavy atom. The summed E-state index contributed by atoms with van der Waals surface area (Å²) >= 11 is 0. The van der Waals surface area contributed by atoms with Gasteiger partial charge >= 0.3 is 0 Å². The molecule has 4 aliphatic rings. The van der Waals surface area contributed by atoms with Crippen molar-refractivity contribution in [2.24, 2.45) is 5.73 Å². The van der Waals surface area contributed by atoms with Crippen LogP contribution in [0.1, 0.15) is 97.7 Å². The maximum atomic E-state index is 13.5. The Bertz CT molecular complexity index is 3360. The summed E-state index contributed by atoms with van der Waals surface area (Å²) in [5.41, 5.74) is 19.2. The summed E-state index contributed by atoms with van der Waals surface area (Å²) in [6.45, 7) is 7.87. The number of aryl methyl sites for hydroxylation is 3. The number of nitrogens with two attached hydrogens (primary N) is 1. The van der Waals surface area contributed by atoms with Crippen molar-refractivity contribution in [3.8, 4) is 22.3 Å². The van der Waals surface area contributed by atoms with Crippen molar-refractivity contribution >= 4 is 39.7 Å². The van der Waals surface area contributed by atoms with Gasteiger partial charge in [0.1, 0.15) is 22.7 Å². The molecule has 2 saturated heterocycles. The van der Waals surface area contributed by atoms with Crippen LogP contribution in [0.15, 0.2) is 131 Å². The number of furan rings is 2. The average molecular weight is 1030 g/mol. The molecule has 3 amide bonds. The first-order valence-electron chi connectivity index (χ1n) is 25.7. The number of hydrogen-bond donors (Lipinski definition) is 2. The molecular formula is C60H59F4N7O5. The third-order valence-electron chi connectivity index (χ3n) is 14.7. The zero-order valence-corrected chi connectivity index (χ0v) is 42.5. The number of hydrogen-bond acceptors (Lipinski definition) is 9. The number of halogens is 4. The predicted molar refractivity (Wildman–Crippen MR) is 282 cm³/mol. The fourth-order valence-electron chi connectivity index (χ4n) is 10.3. The lowest BCUT2D eigenvalue weighted by molar-refractivity contribution is -0.131. The van der Waals surface area contributed by atoms with Gasteiger partial charge in [-0.3, -0.25) is 24.4 Å². The van der Waals surface area contributed by atoms with E-state index < -0.39 is 11.8 Å². The van der Waals surface area contributed by atoms with Crippen LogP contribution in [0.4, 0.5) is 17.6 Å². The van der Waals surface area contributed by atoms with Crippen LogP contribution in [0.3, 0.4) is 0 Å². The molecule has 0 unspecified atom stereocenters. The van der Waals surface area contributed by atoms with Gasteiger partial charge in [0, 0.05) is 138 Å². The zero-order valence-electron chi connectivity index (χ0n) is 42.5. The molecule has 2 fully saturated rings. The first kappa shape index (κ1) is 51.8. The fraction of sp³-hybridized carbons (Fsp3) is 0.317. The normalized spacial score (nSPS) is 16.4. The number of benzene rings is 4. The van der Waals surface area contributed by atoms with E-state index in [0.717, 1.165) is 91.1 Å². The van der Waals surface area contributed by atoms with Gasteiger partial charge in [-0.25, -0.2) is 17.6 Å². The number of pyridine rings is 2. The first-order valence-corrected chi connectivity index (χ1v) is 25.7. The third kappa shape index (κ3) is 11.7. The number of fused-ring (bicyclic) bond motifs is 4. The van der Waals surface area contributed by atoms with E-state index in [4.69, 9.17) is 14.6 Å². The molecule has 4 aromatic heterocycles. The lowest BCUT2D eigenvalue weighted by Crippen LogP contribution is -2.42. The van der Waals surface area contributed by atoms with Gasteiger partial charge in [-0.1, -0.05) is 24.3 Å². The van der Waals surface area contributed by atoms with Crippen LogP contribution in [0, 0.1) is 13.8 Å². The average Bonchev–Trinajstić information content (AvgIpc) is 4.27. The second kappa shape index (κ2) is 21.9. The molecule has 0 saturated carbocycles. The summed E-state index contributed by atoms with van der Waals surface area (Å²) in [6, 6.07) is 30.7. The van der Waals surface area contributed by atoms with Gasteiger partial charge in [0.25, 0.3) is 23.7 Å². The van der Waals surface area contributed by atoms with E-state index in [0.29, 0.717) is 43.6 Å². The van der Waals surface area contributed by atoms with E-state index in [1.807, 2.05) is 104 Å². The molecule has 0 atom stereocenters. The van der Waals surface area contributed by atoms with Crippen molar-refractivity contribution < 1.29 is 40.8 Å². The monoisotopic (exact) mass is 1030 g/mol. The molecule has 16 heteroatoms. The number of piperidine rings is 2. The lowest BCUT2D eigenvalue weighted by Gasteiger charge is -2.31. The Labute approximate surface area is 437 Å². The third-order valence-corrected chi connectivity index (χ3v) is 14.7. The molecule has 4 aromatic carbocycles. The molecule has 0 spiro atoms. The molecule has 4 aliphatic heterocycles. The topological polar surface area (TPSA) is 151 Å². The molecule has 3 N–H and O–H groups in total. The van der Waals surface area contributed by atoms with Crippen molar-refractivity contribution in [1.29, 1.82) is 0 Å². The molecule has 8 aromatic rings. The fourth-order valence-corrected chi connectivity index (χ4v) is 10.3. The van der Waals surface area contributed by atoms with Crippen LogP contribution < -0.4 is 11.1 Å². The zero-order chi connectivity index (χ0) is 53.1. The molecule has 76 heavy (non-hydrogen) atoms. The second-order valence-electron chi connectivity index (χ2n) is 20.1. The number of aromatic nitrogens is 2. The van der Waals surface area contributed by atoms with Gasteiger partial charge in [-0.05, 0) is 142 Å². The van der Waals surface area contributed by atoms with Crippen LogP contribution in [-0.4, -0.2) is 80.4 Å². The highest BCUT2D eigenvalue weighted by Gasteiger charge is 2.37. The number of alkyl halides is 4. The van der Waals surface area contributed by atoms with Crippen molar-refractivity contribution in [2.75, 3.05) is 26.2 Å². The highest BCUT2D eigenvalue weighted by Crippen LogP contribution is 2.34. The maximum Gasteiger partial charge on any atom is 0.253 e. The van der Waals surface area contributed by atoms with Gasteiger partial charge < -0.3 is 34.6 Å². The van der Waals surface area contributed by atoms with Crippen molar-refractivity contribution in [1.82, 2.24) is 30.0 Å². The Kier molecular flexibility index (Phi) is 14.9. The number of rotatable bonds is 8. The van der Waals surface area contributed by atoms with Crippen LogP contribution in [0.5, 0.6) is 0 Å². The van der Waals surface area contributed by atoms with Crippen molar-refractivity contribution in [3.63, 3.8) is 0 Å². The highest BCUT2D eigenvalue weighted by atomic mass is 19.3. The van der Waals surface area contributed by atoms with Crippen LogP contribution in [0.2, 0.25) is 0 Å². The molecule has 0 radical (unpaired) electrons. The lowest BCUT2D eigenvalue weighted by atomic mass is 9.99. The number of likely N-dealkylation sites (tertiary alicyclic amines) is 2. The minimum absolute atomic E-state index is 0.0705. The maximum absolute atomic E-state index is 13.5. The van der Waals surface area contributed by atoms with Gasteiger partial charge in [-0.2, -0.15) is 0 Å². The quantitative estimate of drug-likeness (QED) is 0.142. The number of nitrogens with zero attached hydrogens (tertiary/aromatic N) is 5. The molecule has 0 aliphatic carbocycles. The first-order chi connectivity index (χ1) is 36.6. The van der Waals surface area contributed by atoms with Crippen LogP contribution in [0.25, 0.3) is 44.2 Å². The molecule has 12 rings (SSSR count).